The fourth-order valence-corrected chi connectivity index (χ4v) is 19.2. The van der Waals surface area contributed by atoms with Crippen LogP contribution in [0.25, 0.3) is 0 Å². The van der Waals surface area contributed by atoms with Crippen molar-refractivity contribution in [3.05, 3.63) is 11.6 Å². The van der Waals surface area contributed by atoms with E-state index in [2.05, 4.69) is 47.6 Å². The number of hydrogen-bond donors (Lipinski definition) is 0. The summed E-state index contributed by atoms with van der Waals surface area (Å²) in [5.74, 6) is 1.53. The van der Waals surface area contributed by atoms with E-state index >= 15 is 0 Å². The van der Waals surface area contributed by atoms with Crippen LogP contribution in [0, 0.1) is 11.8 Å². The van der Waals surface area contributed by atoms with E-state index in [4.69, 9.17) is 4.74 Å². The fourth-order valence-electron chi connectivity index (χ4n) is 4.81. The van der Waals surface area contributed by atoms with E-state index in [0.29, 0.717) is 12.0 Å². The Morgan fingerprint density at radius 1 is 0.920 bits per heavy atom. The summed E-state index contributed by atoms with van der Waals surface area (Å²) in [7, 11) is 0. The van der Waals surface area contributed by atoms with Gasteiger partial charge < -0.3 is 0 Å². The first-order valence-electron chi connectivity index (χ1n) is 11.3. The molecule has 0 saturated heterocycles. The van der Waals surface area contributed by atoms with E-state index in [0.717, 1.165) is 5.92 Å². The zero-order chi connectivity index (χ0) is 18.7. The third-order valence-corrected chi connectivity index (χ3v) is 20.8. The van der Waals surface area contributed by atoms with Crippen LogP contribution in [0.3, 0.4) is 0 Å². The third kappa shape index (κ3) is 7.95. The predicted octanol–water partition coefficient (Wildman–Crippen LogP) is 7.77. The number of unbranched alkanes of at least 4 members (excludes halogenated alkanes) is 3. The van der Waals surface area contributed by atoms with E-state index in [1.165, 1.54) is 56.0 Å². The van der Waals surface area contributed by atoms with Gasteiger partial charge in [-0.1, -0.05) is 0 Å². The van der Waals surface area contributed by atoms with Crippen molar-refractivity contribution in [3.8, 4) is 0 Å². The van der Waals surface area contributed by atoms with E-state index in [9.17, 15) is 0 Å². The van der Waals surface area contributed by atoms with E-state index < -0.39 is 18.4 Å². The van der Waals surface area contributed by atoms with Gasteiger partial charge in [-0.3, -0.25) is 0 Å². The molecule has 0 aromatic rings. The van der Waals surface area contributed by atoms with Gasteiger partial charge in [0.25, 0.3) is 0 Å². The molecule has 2 heteroatoms. The van der Waals surface area contributed by atoms with Crippen LogP contribution in [-0.2, 0) is 4.74 Å². The Labute approximate surface area is 163 Å². The van der Waals surface area contributed by atoms with Crippen molar-refractivity contribution >= 4 is 18.4 Å². The van der Waals surface area contributed by atoms with Crippen molar-refractivity contribution in [1.29, 1.82) is 0 Å². The Morgan fingerprint density at radius 2 is 1.44 bits per heavy atom. The van der Waals surface area contributed by atoms with Crippen molar-refractivity contribution in [2.24, 2.45) is 11.8 Å². The molecule has 0 aromatic heterocycles. The summed E-state index contributed by atoms with van der Waals surface area (Å²) in [6.07, 6.45) is 13.8. The number of allylic oxidation sites excluding steroid dienone is 1. The standard InChI is InChI=1S/C11H19O.3C4H9.Sn/c1-5-10-9(3)6-8(2)7-11(10)12-4;3*1-3-4-2;/h5,8-9,11H,4,6-7H2,1-3H3;3*1,3-4H2,2H3;/b10-5+;;;;/t8-,9-,11-;;;;/m1..../s1. The predicted molar refractivity (Wildman–Crippen MR) is 116 cm³/mol. The number of rotatable bonds is 12. The van der Waals surface area contributed by atoms with Crippen molar-refractivity contribution < 1.29 is 4.74 Å². The molecule has 0 spiro atoms. The Hall–Kier alpha value is 0.499. The van der Waals surface area contributed by atoms with E-state index in [-0.39, 0.29) is 0 Å². The Bertz CT molecular complexity index is 355. The normalized spacial score (nSPS) is 26.3. The molecule has 25 heavy (non-hydrogen) atoms. The van der Waals surface area contributed by atoms with Crippen LogP contribution in [0.1, 0.15) is 92.9 Å². The second-order valence-electron chi connectivity index (χ2n) is 8.88. The second kappa shape index (κ2) is 12.8. The van der Waals surface area contributed by atoms with Gasteiger partial charge in [-0.2, -0.15) is 0 Å². The zero-order valence-electron chi connectivity index (χ0n) is 18.2. The molecule has 1 aliphatic carbocycles. The summed E-state index contributed by atoms with van der Waals surface area (Å²) >= 11 is -2.15. The first-order chi connectivity index (χ1) is 12.0. The van der Waals surface area contributed by atoms with Gasteiger partial charge in [-0.25, -0.2) is 0 Å². The average molecular weight is 457 g/mol. The Morgan fingerprint density at radius 3 is 1.88 bits per heavy atom. The second-order valence-corrected chi connectivity index (χ2v) is 22.5. The molecule has 1 nitrogen and oxygen atoms in total. The quantitative estimate of drug-likeness (QED) is 0.215. The molecule has 0 N–H and O–H groups in total. The van der Waals surface area contributed by atoms with Gasteiger partial charge in [0.1, 0.15) is 0 Å². The van der Waals surface area contributed by atoms with Crippen LogP contribution in [0.5, 0.6) is 0 Å². The number of ether oxygens (including phenoxy) is 1. The summed E-state index contributed by atoms with van der Waals surface area (Å²) in [6, 6.07) is 0. The minimum atomic E-state index is -2.15. The van der Waals surface area contributed by atoms with Crippen LogP contribution in [0.2, 0.25) is 13.3 Å². The van der Waals surface area contributed by atoms with Gasteiger partial charge in [0.05, 0.1) is 0 Å². The maximum absolute atomic E-state index is 6.81. The monoisotopic (exact) mass is 458 g/mol. The Balaban J connectivity index is 2.82. The minimum absolute atomic E-state index is 0.421. The van der Waals surface area contributed by atoms with Crippen molar-refractivity contribution in [3.63, 3.8) is 0 Å². The SMILES string of the molecule is C/C=C1\[C@H](C)C[C@@H](C)C[C@H]1O[CH2][Sn]([CH2]CCC)([CH2]CCC)[CH2]CCC. The first kappa shape index (κ1) is 23.5. The summed E-state index contributed by atoms with van der Waals surface area (Å²) in [5, 5.41) is 0. The van der Waals surface area contributed by atoms with E-state index in [1.54, 1.807) is 18.9 Å². The van der Waals surface area contributed by atoms with Crippen LogP contribution < -0.4 is 0 Å². The topological polar surface area (TPSA) is 9.23 Å². The summed E-state index contributed by atoms with van der Waals surface area (Å²) in [5.41, 5.74) is 1.60. The average Bonchev–Trinajstić information content (AvgIpc) is 2.60. The van der Waals surface area contributed by atoms with Gasteiger partial charge in [-0.05, 0) is 0 Å². The van der Waals surface area contributed by atoms with Crippen molar-refractivity contribution in [2.45, 2.75) is 112 Å². The molecule has 0 aliphatic heterocycles. The van der Waals surface area contributed by atoms with Crippen molar-refractivity contribution in [1.82, 2.24) is 0 Å². The van der Waals surface area contributed by atoms with Gasteiger partial charge in [0.2, 0.25) is 0 Å². The summed E-state index contributed by atoms with van der Waals surface area (Å²) in [4.78, 5) is 0. The fraction of sp³-hybridized carbons (Fsp3) is 0.913. The molecule has 0 aromatic carbocycles. The van der Waals surface area contributed by atoms with Crippen molar-refractivity contribution in [2.75, 3.05) is 4.62 Å². The Kier molecular flexibility index (Phi) is 12.1. The van der Waals surface area contributed by atoms with Gasteiger partial charge in [0, 0.05) is 0 Å². The van der Waals surface area contributed by atoms with Crippen LogP contribution >= 0.6 is 0 Å². The van der Waals surface area contributed by atoms with Gasteiger partial charge >= 0.3 is 164 Å². The van der Waals surface area contributed by atoms with Crippen LogP contribution in [-0.4, -0.2) is 29.1 Å². The molecule has 0 heterocycles. The van der Waals surface area contributed by atoms with Gasteiger partial charge in [0.15, 0.2) is 0 Å². The molecule has 0 unspecified atom stereocenters. The molecule has 1 fully saturated rings. The molecular weight excluding hydrogens is 411 g/mol. The molecule has 0 amide bonds. The molecular formula is C23H46OSn. The molecule has 0 bridgehead atoms. The summed E-state index contributed by atoms with van der Waals surface area (Å²) < 4.78 is 12.7. The molecule has 1 saturated carbocycles. The number of hydrogen-bond acceptors (Lipinski definition) is 1. The van der Waals surface area contributed by atoms with Crippen LogP contribution in [0.15, 0.2) is 11.6 Å². The third-order valence-electron chi connectivity index (χ3n) is 6.42. The molecule has 3 atom stereocenters. The van der Waals surface area contributed by atoms with E-state index in [1.807, 2.05) is 0 Å². The molecule has 0 radical (unpaired) electrons. The maximum atomic E-state index is 6.81. The molecule has 1 rings (SSSR count). The zero-order valence-corrected chi connectivity index (χ0v) is 21.1. The first-order valence-corrected chi connectivity index (χ1v) is 19.4. The van der Waals surface area contributed by atoms with Crippen LogP contribution in [0.4, 0.5) is 0 Å². The molecule has 1 aliphatic rings. The van der Waals surface area contributed by atoms with Gasteiger partial charge in [-0.15, -0.1) is 0 Å². The molecule has 148 valence electrons. The summed E-state index contributed by atoms with van der Waals surface area (Å²) in [6.45, 7) is 14.1.